The SMILES string of the molecule is C#CC(C)(CC)OCC(O)CN1CCN(c2ccc(OC)cc2)CC1.Cl.Cl. The topological polar surface area (TPSA) is 45.2 Å². The smallest absolute Gasteiger partial charge is 0.125 e. The van der Waals surface area contributed by atoms with Gasteiger partial charge in [0.2, 0.25) is 0 Å². The van der Waals surface area contributed by atoms with Crippen molar-refractivity contribution in [1.82, 2.24) is 4.90 Å². The molecule has 0 bridgehead atoms. The average Bonchev–Trinajstić information content (AvgIpc) is 2.67. The molecule has 0 radical (unpaired) electrons. The van der Waals surface area contributed by atoms with Gasteiger partial charge in [0.15, 0.2) is 0 Å². The normalized spacial score (nSPS) is 17.7. The fourth-order valence-electron chi connectivity index (χ4n) is 2.86. The minimum absolute atomic E-state index is 0. The maximum absolute atomic E-state index is 10.2. The molecule has 0 aromatic heterocycles. The Kier molecular flexibility index (Phi) is 11.8. The van der Waals surface area contributed by atoms with Crippen molar-refractivity contribution in [2.75, 3.05) is 51.3 Å². The molecule has 7 heteroatoms. The van der Waals surface area contributed by atoms with E-state index in [9.17, 15) is 5.11 Å². The minimum Gasteiger partial charge on any atom is -0.497 e. The number of aliphatic hydroxyl groups excluding tert-OH is 1. The first-order chi connectivity index (χ1) is 12.0. The third kappa shape index (κ3) is 7.77. The maximum atomic E-state index is 10.2. The molecule has 2 atom stereocenters. The standard InChI is InChI=1S/C20H30N2O3.2ClH/c1-5-20(3,6-2)25-16-18(23)15-21-11-13-22(14-12-21)17-7-9-19(24-4)10-8-17;;/h1,7-10,18,23H,6,11-16H2,2-4H3;2*1H. The molecule has 27 heavy (non-hydrogen) atoms. The molecule has 1 fully saturated rings. The van der Waals surface area contributed by atoms with Crippen LogP contribution in [0.1, 0.15) is 20.3 Å². The van der Waals surface area contributed by atoms with Gasteiger partial charge in [-0.1, -0.05) is 12.8 Å². The van der Waals surface area contributed by atoms with Crippen molar-refractivity contribution in [3.05, 3.63) is 24.3 Å². The van der Waals surface area contributed by atoms with Crippen molar-refractivity contribution in [1.29, 1.82) is 0 Å². The molecule has 1 saturated heterocycles. The van der Waals surface area contributed by atoms with Crippen LogP contribution >= 0.6 is 24.8 Å². The van der Waals surface area contributed by atoms with E-state index in [0.717, 1.165) is 38.3 Å². The number of halogens is 2. The van der Waals surface area contributed by atoms with Crippen molar-refractivity contribution >= 4 is 30.5 Å². The first-order valence-electron chi connectivity index (χ1n) is 8.91. The highest BCUT2D eigenvalue weighted by atomic mass is 35.5. The molecule has 1 aromatic rings. The number of hydrogen-bond acceptors (Lipinski definition) is 5. The molecule has 2 rings (SSSR count). The van der Waals surface area contributed by atoms with E-state index in [1.165, 1.54) is 5.69 Å². The number of piperazine rings is 1. The Bertz CT molecular complexity index is 572. The van der Waals surface area contributed by atoms with Gasteiger partial charge in [-0.25, -0.2) is 0 Å². The lowest BCUT2D eigenvalue weighted by Crippen LogP contribution is -2.49. The fraction of sp³-hybridized carbons (Fsp3) is 0.600. The summed E-state index contributed by atoms with van der Waals surface area (Å²) in [5.74, 6) is 3.53. The number of aliphatic hydroxyl groups is 1. The number of rotatable bonds is 8. The van der Waals surface area contributed by atoms with Crippen LogP contribution in [0.25, 0.3) is 0 Å². The zero-order valence-corrected chi connectivity index (χ0v) is 18.0. The predicted octanol–water partition coefficient (Wildman–Crippen LogP) is 2.84. The lowest BCUT2D eigenvalue weighted by atomic mass is 10.1. The highest BCUT2D eigenvalue weighted by Crippen LogP contribution is 2.20. The summed E-state index contributed by atoms with van der Waals surface area (Å²) < 4.78 is 10.9. The Balaban J connectivity index is 0.00000338. The summed E-state index contributed by atoms with van der Waals surface area (Å²) in [6, 6.07) is 8.14. The van der Waals surface area contributed by atoms with Crippen molar-refractivity contribution in [3.8, 4) is 18.1 Å². The van der Waals surface area contributed by atoms with E-state index in [4.69, 9.17) is 15.9 Å². The monoisotopic (exact) mass is 418 g/mol. The van der Waals surface area contributed by atoms with Gasteiger partial charge in [0.25, 0.3) is 0 Å². The highest BCUT2D eigenvalue weighted by Gasteiger charge is 2.23. The van der Waals surface area contributed by atoms with Crippen LogP contribution in [-0.4, -0.2) is 68.2 Å². The van der Waals surface area contributed by atoms with Crippen LogP contribution in [0.5, 0.6) is 5.75 Å². The molecule has 1 aliphatic rings. The van der Waals surface area contributed by atoms with E-state index in [-0.39, 0.29) is 31.4 Å². The van der Waals surface area contributed by atoms with Gasteiger partial charge in [0.05, 0.1) is 19.8 Å². The Hall–Kier alpha value is -1.16. The quantitative estimate of drug-likeness (QED) is 0.657. The molecular weight excluding hydrogens is 387 g/mol. The second-order valence-corrected chi connectivity index (χ2v) is 6.68. The van der Waals surface area contributed by atoms with Crippen LogP contribution in [0.15, 0.2) is 24.3 Å². The van der Waals surface area contributed by atoms with Gasteiger partial charge in [0, 0.05) is 38.4 Å². The number of anilines is 1. The summed E-state index contributed by atoms with van der Waals surface area (Å²) in [5.41, 5.74) is 0.616. The second kappa shape index (κ2) is 12.3. The molecule has 1 heterocycles. The largest absolute Gasteiger partial charge is 0.497 e. The zero-order chi connectivity index (χ0) is 18.3. The zero-order valence-electron chi connectivity index (χ0n) is 16.4. The van der Waals surface area contributed by atoms with Gasteiger partial charge in [0.1, 0.15) is 11.4 Å². The molecule has 154 valence electrons. The number of ether oxygens (including phenoxy) is 2. The number of nitrogens with zero attached hydrogens (tertiary/aromatic N) is 2. The van der Waals surface area contributed by atoms with Crippen molar-refractivity contribution in [3.63, 3.8) is 0 Å². The maximum Gasteiger partial charge on any atom is 0.125 e. The van der Waals surface area contributed by atoms with Crippen LogP contribution in [0.4, 0.5) is 5.69 Å². The third-order valence-electron chi connectivity index (χ3n) is 4.85. The fourth-order valence-corrected chi connectivity index (χ4v) is 2.86. The Morgan fingerprint density at radius 1 is 1.19 bits per heavy atom. The third-order valence-corrected chi connectivity index (χ3v) is 4.85. The van der Waals surface area contributed by atoms with Gasteiger partial charge in [-0.2, -0.15) is 0 Å². The second-order valence-electron chi connectivity index (χ2n) is 6.68. The van der Waals surface area contributed by atoms with E-state index < -0.39 is 11.7 Å². The van der Waals surface area contributed by atoms with Crippen LogP contribution in [0, 0.1) is 12.3 Å². The van der Waals surface area contributed by atoms with E-state index in [0.29, 0.717) is 6.54 Å². The van der Waals surface area contributed by atoms with E-state index in [1.54, 1.807) is 7.11 Å². The first-order valence-corrected chi connectivity index (χ1v) is 8.91. The first kappa shape index (κ1) is 25.8. The van der Waals surface area contributed by atoms with Crippen LogP contribution in [0.3, 0.4) is 0 Å². The molecule has 0 aliphatic carbocycles. The summed E-state index contributed by atoms with van der Waals surface area (Å²) in [5, 5.41) is 10.2. The molecule has 0 amide bonds. The lowest BCUT2D eigenvalue weighted by molar-refractivity contribution is -0.0473. The van der Waals surface area contributed by atoms with E-state index in [2.05, 4.69) is 27.9 Å². The minimum atomic E-state index is -0.589. The van der Waals surface area contributed by atoms with Crippen LogP contribution in [0.2, 0.25) is 0 Å². The predicted molar refractivity (Wildman–Crippen MR) is 116 cm³/mol. The number of β-amino-alcohol motifs (C(OH)–C–C–N with tert-alkyl or cyclic N) is 1. The highest BCUT2D eigenvalue weighted by molar-refractivity contribution is 5.85. The summed E-state index contributed by atoms with van der Waals surface area (Å²) in [7, 11) is 1.68. The summed E-state index contributed by atoms with van der Waals surface area (Å²) in [6.07, 6.45) is 5.71. The van der Waals surface area contributed by atoms with Crippen molar-refractivity contribution in [2.24, 2.45) is 0 Å². The molecule has 1 aliphatic heterocycles. The average molecular weight is 419 g/mol. The number of methoxy groups -OCH3 is 1. The van der Waals surface area contributed by atoms with Gasteiger partial charge in [-0.05, 0) is 37.6 Å². The van der Waals surface area contributed by atoms with Gasteiger partial charge < -0.3 is 19.5 Å². The molecule has 1 aromatic carbocycles. The molecule has 2 unspecified atom stereocenters. The van der Waals surface area contributed by atoms with Crippen LogP contribution < -0.4 is 9.64 Å². The molecule has 0 spiro atoms. The molecular formula is C20H32Cl2N2O3. The Morgan fingerprint density at radius 3 is 2.26 bits per heavy atom. The van der Waals surface area contributed by atoms with E-state index in [1.807, 2.05) is 26.0 Å². The van der Waals surface area contributed by atoms with Crippen LogP contribution in [-0.2, 0) is 4.74 Å². The van der Waals surface area contributed by atoms with Gasteiger partial charge >= 0.3 is 0 Å². The Morgan fingerprint density at radius 2 is 1.78 bits per heavy atom. The molecule has 5 nitrogen and oxygen atoms in total. The lowest BCUT2D eigenvalue weighted by Gasteiger charge is -2.37. The molecule has 0 saturated carbocycles. The van der Waals surface area contributed by atoms with Crippen molar-refractivity contribution < 1.29 is 14.6 Å². The Labute approximate surface area is 175 Å². The summed E-state index contributed by atoms with van der Waals surface area (Å²) in [6.45, 7) is 8.48. The van der Waals surface area contributed by atoms with E-state index >= 15 is 0 Å². The number of terminal acetylenes is 1. The van der Waals surface area contributed by atoms with Crippen molar-refractivity contribution in [2.45, 2.75) is 32.0 Å². The number of benzene rings is 1. The molecule has 1 N–H and O–H groups in total. The number of hydrogen-bond donors (Lipinski definition) is 1. The summed E-state index contributed by atoms with van der Waals surface area (Å²) in [4.78, 5) is 4.62. The summed E-state index contributed by atoms with van der Waals surface area (Å²) >= 11 is 0. The van der Waals surface area contributed by atoms with Gasteiger partial charge in [-0.3, -0.25) is 4.90 Å². The van der Waals surface area contributed by atoms with Gasteiger partial charge in [-0.15, -0.1) is 31.2 Å².